The van der Waals surface area contributed by atoms with Crippen LogP contribution in [0.1, 0.15) is 77.0 Å². The van der Waals surface area contributed by atoms with Crippen LogP contribution in [-0.2, 0) is 0 Å². The van der Waals surface area contributed by atoms with E-state index in [0.29, 0.717) is 6.04 Å². The SMILES string of the molecule is CN(CCC[C@H](N)C1CCCCC1)C1CCCCC1. The zero-order valence-corrected chi connectivity index (χ0v) is 12.9. The standard InChI is InChI=1S/C17H34N2/c1-19(16-11-6-3-7-12-16)14-8-13-17(18)15-9-4-2-5-10-15/h15-17H,2-14,18H2,1H3/t17-/m0/s1. The highest BCUT2D eigenvalue weighted by atomic mass is 15.1. The number of hydrogen-bond donors (Lipinski definition) is 1. The molecule has 19 heavy (non-hydrogen) atoms. The van der Waals surface area contributed by atoms with Crippen LogP contribution in [0.2, 0.25) is 0 Å². The predicted octanol–water partition coefficient (Wildman–Crippen LogP) is 3.94. The molecule has 0 spiro atoms. The molecule has 112 valence electrons. The average Bonchev–Trinajstić information content (AvgIpc) is 2.49. The van der Waals surface area contributed by atoms with E-state index in [-0.39, 0.29) is 0 Å². The second kappa shape index (κ2) is 8.26. The first-order valence-electron chi connectivity index (χ1n) is 8.73. The van der Waals surface area contributed by atoms with Gasteiger partial charge in [-0.1, -0.05) is 38.5 Å². The number of rotatable bonds is 6. The highest BCUT2D eigenvalue weighted by Crippen LogP contribution is 2.27. The largest absolute Gasteiger partial charge is 0.327 e. The van der Waals surface area contributed by atoms with E-state index in [2.05, 4.69) is 11.9 Å². The van der Waals surface area contributed by atoms with Gasteiger partial charge >= 0.3 is 0 Å². The summed E-state index contributed by atoms with van der Waals surface area (Å²) in [5.74, 6) is 0.828. The van der Waals surface area contributed by atoms with Crippen molar-refractivity contribution >= 4 is 0 Å². The molecule has 0 radical (unpaired) electrons. The summed E-state index contributed by atoms with van der Waals surface area (Å²) in [7, 11) is 2.32. The summed E-state index contributed by atoms with van der Waals surface area (Å²) in [5, 5.41) is 0. The summed E-state index contributed by atoms with van der Waals surface area (Å²) >= 11 is 0. The lowest BCUT2D eigenvalue weighted by Gasteiger charge is -2.32. The molecule has 0 aromatic carbocycles. The van der Waals surface area contributed by atoms with Crippen LogP contribution in [0.3, 0.4) is 0 Å². The van der Waals surface area contributed by atoms with Gasteiger partial charge in [0.05, 0.1) is 0 Å². The van der Waals surface area contributed by atoms with E-state index in [1.54, 1.807) is 0 Å². The van der Waals surface area contributed by atoms with E-state index < -0.39 is 0 Å². The van der Waals surface area contributed by atoms with Crippen molar-refractivity contribution in [1.29, 1.82) is 0 Å². The van der Waals surface area contributed by atoms with Crippen molar-refractivity contribution in [2.24, 2.45) is 11.7 Å². The van der Waals surface area contributed by atoms with Gasteiger partial charge in [0, 0.05) is 12.1 Å². The first-order valence-corrected chi connectivity index (χ1v) is 8.73. The van der Waals surface area contributed by atoms with Crippen LogP contribution < -0.4 is 5.73 Å². The molecule has 0 aliphatic heterocycles. The van der Waals surface area contributed by atoms with Gasteiger partial charge in [-0.2, -0.15) is 0 Å². The summed E-state index contributed by atoms with van der Waals surface area (Å²) in [5.41, 5.74) is 6.39. The molecule has 0 unspecified atom stereocenters. The molecule has 2 heteroatoms. The Morgan fingerprint density at radius 2 is 1.53 bits per heavy atom. The van der Waals surface area contributed by atoms with Crippen molar-refractivity contribution in [2.75, 3.05) is 13.6 Å². The highest BCUT2D eigenvalue weighted by Gasteiger charge is 2.21. The maximum atomic E-state index is 6.39. The third-order valence-electron chi connectivity index (χ3n) is 5.50. The van der Waals surface area contributed by atoms with E-state index in [1.807, 2.05) is 0 Å². The molecular formula is C17H34N2. The topological polar surface area (TPSA) is 29.3 Å². The lowest BCUT2D eigenvalue weighted by Crippen LogP contribution is -2.36. The van der Waals surface area contributed by atoms with E-state index in [4.69, 9.17) is 5.73 Å². The van der Waals surface area contributed by atoms with Gasteiger partial charge < -0.3 is 10.6 Å². The van der Waals surface area contributed by atoms with Crippen molar-refractivity contribution in [3.63, 3.8) is 0 Å². The van der Waals surface area contributed by atoms with Crippen molar-refractivity contribution in [3.05, 3.63) is 0 Å². The molecule has 0 saturated heterocycles. The molecule has 2 N–H and O–H groups in total. The summed E-state index contributed by atoms with van der Waals surface area (Å²) in [6.45, 7) is 1.26. The lowest BCUT2D eigenvalue weighted by atomic mass is 9.82. The minimum Gasteiger partial charge on any atom is -0.327 e. The summed E-state index contributed by atoms with van der Waals surface area (Å²) in [6, 6.07) is 1.33. The van der Waals surface area contributed by atoms with Crippen LogP contribution in [0, 0.1) is 5.92 Å². The molecule has 2 nitrogen and oxygen atoms in total. The van der Waals surface area contributed by atoms with Crippen molar-refractivity contribution in [1.82, 2.24) is 4.90 Å². The molecule has 2 saturated carbocycles. The summed E-state index contributed by atoms with van der Waals surface area (Å²) in [4.78, 5) is 2.60. The van der Waals surface area contributed by atoms with Crippen molar-refractivity contribution in [2.45, 2.75) is 89.1 Å². The Morgan fingerprint density at radius 1 is 0.947 bits per heavy atom. The molecule has 2 aliphatic carbocycles. The molecule has 0 heterocycles. The number of nitrogens with two attached hydrogens (primary N) is 1. The predicted molar refractivity (Wildman–Crippen MR) is 83.3 cm³/mol. The molecule has 1 atom stereocenters. The molecule has 2 fully saturated rings. The first kappa shape index (κ1) is 15.3. The highest BCUT2D eigenvalue weighted by molar-refractivity contribution is 4.78. The molecule has 0 aromatic rings. The van der Waals surface area contributed by atoms with E-state index in [1.165, 1.54) is 83.6 Å². The van der Waals surface area contributed by atoms with Crippen LogP contribution in [-0.4, -0.2) is 30.6 Å². The van der Waals surface area contributed by atoms with Gasteiger partial charge in [0.15, 0.2) is 0 Å². The molecular weight excluding hydrogens is 232 g/mol. The average molecular weight is 266 g/mol. The Hall–Kier alpha value is -0.0800. The van der Waals surface area contributed by atoms with Gasteiger partial charge in [0.1, 0.15) is 0 Å². The second-order valence-electron chi connectivity index (χ2n) is 6.98. The fourth-order valence-corrected chi connectivity index (χ4v) is 4.08. The van der Waals surface area contributed by atoms with Crippen LogP contribution in [0.25, 0.3) is 0 Å². The van der Waals surface area contributed by atoms with Crippen molar-refractivity contribution < 1.29 is 0 Å². The fraction of sp³-hybridized carbons (Fsp3) is 1.00. The normalized spacial score (nSPS) is 24.8. The smallest absolute Gasteiger partial charge is 0.00922 e. The molecule has 0 bridgehead atoms. The van der Waals surface area contributed by atoms with Crippen LogP contribution in [0.15, 0.2) is 0 Å². The summed E-state index contributed by atoms with van der Waals surface area (Å²) in [6.07, 6.45) is 16.8. The van der Waals surface area contributed by atoms with E-state index in [0.717, 1.165) is 12.0 Å². The van der Waals surface area contributed by atoms with Gasteiger partial charge in [-0.25, -0.2) is 0 Å². The number of hydrogen-bond acceptors (Lipinski definition) is 2. The molecule has 0 aromatic heterocycles. The minimum atomic E-state index is 0.472. The quantitative estimate of drug-likeness (QED) is 0.789. The van der Waals surface area contributed by atoms with Gasteiger partial charge in [-0.05, 0) is 58.0 Å². The molecule has 0 amide bonds. The zero-order chi connectivity index (χ0) is 13.5. The lowest BCUT2D eigenvalue weighted by molar-refractivity contribution is 0.184. The monoisotopic (exact) mass is 266 g/mol. The third-order valence-corrected chi connectivity index (χ3v) is 5.50. The Labute approximate surface area is 120 Å². The van der Waals surface area contributed by atoms with Crippen LogP contribution in [0.4, 0.5) is 0 Å². The maximum absolute atomic E-state index is 6.39. The summed E-state index contributed by atoms with van der Waals surface area (Å²) < 4.78 is 0. The maximum Gasteiger partial charge on any atom is 0.00922 e. The Bertz CT molecular complexity index is 205. The van der Waals surface area contributed by atoms with Crippen LogP contribution >= 0.6 is 0 Å². The van der Waals surface area contributed by atoms with Gasteiger partial charge in [-0.3, -0.25) is 0 Å². The van der Waals surface area contributed by atoms with Crippen molar-refractivity contribution in [3.8, 4) is 0 Å². The third kappa shape index (κ3) is 5.07. The Kier molecular flexibility index (Phi) is 6.66. The minimum absolute atomic E-state index is 0.472. The van der Waals surface area contributed by atoms with Crippen LogP contribution in [0.5, 0.6) is 0 Å². The Morgan fingerprint density at radius 3 is 2.16 bits per heavy atom. The van der Waals surface area contributed by atoms with Gasteiger partial charge in [0.2, 0.25) is 0 Å². The molecule has 2 rings (SSSR count). The van der Waals surface area contributed by atoms with Gasteiger partial charge in [0.25, 0.3) is 0 Å². The van der Waals surface area contributed by atoms with Gasteiger partial charge in [-0.15, -0.1) is 0 Å². The Balaban J connectivity index is 1.59. The zero-order valence-electron chi connectivity index (χ0n) is 12.9. The van der Waals surface area contributed by atoms with E-state index in [9.17, 15) is 0 Å². The molecule has 2 aliphatic rings. The number of nitrogens with zero attached hydrogens (tertiary/aromatic N) is 1. The van der Waals surface area contributed by atoms with E-state index >= 15 is 0 Å². The first-order chi connectivity index (χ1) is 9.27. The second-order valence-corrected chi connectivity index (χ2v) is 6.98. The fourth-order valence-electron chi connectivity index (χ4n) is 4.08.